The van der Waals surface area contributed by atoms with Gasteiger partial charge >= 0.3 is 0 Å². The second-order valence-electron chi connectivity index (χ2n) is 5.80. The molecule has 0 atom stereocenters. The lowest BCUT2D eigenvalue weighted by atomic mass is 10.1. The number of ketones is 1. The summed E-state index contributed by atoms with van der Waals surface area (Å²) in [4.78, 5) is 36.4. The standard InChI is InChI=1S/C17H22N2O5/c1-11(20)12-4-7-14(15(8-12)23-3)24-10-17(22)19(2)9-16(21)18-13-5-6-13/h4,7-8,13H,5-6,9-10H2,1-3H3,(H,18,21). The van der Waals surface area contributed by atoms with Crippen molar-refractivity contribution in [3.63, 3.8) is 0 Å². The summed E-state index contributed by atoms with van der Waals surface area (Å²) in [5.41, 5.74) is 0.499. The first-order valence-electron chi connectivity index (χ1n) is 7.75. The Balaban J connectivity index is 1.88. The number of hydrogen-bond donors (Lipinski definition) is 1. The lowest BCUT2D eigenvalue weighted by Crippen LogP contribution is -2.40. The molecule has 7 nitrogen and oxygen atoms in total. The summed E-state index contributed by atoms with van der Waals surface area (Å²) in [6, 6.07) is 5.02. The van der Waals surface area contributed by atoms with Gasteiger partial charge in [-0.2, -0.15) is 0 Å². The Morgan fingerprint density at radius 2 is 1.96 bits per heavy atom. The smallest absolute Gasteiger partial charge is 0.260 e. The van der Waals surface area contributed by atoms with Gasteiger partial charge in [0.1, 0.15) is 0 Å². The van der Waals surface area contributed by atoms with Gasteiger partial charge in [-0.15, -0.1) is 0 Å². The number of methoxy groups -OCH3 is 1. The van der Waals surface area contributed by atoms with Crippen molar-refractivity contribution in [3.05, 3.63) is 23.8 Å². The Kier molecular flexibility index (Phi) is 5.78. The van der Waals surface area contributed by atoms with Gasteiger partial charge in [-0.05, 0) is 38.0 Å². The largest absolute Gasteiger partial charge is 0.493 e. The average Bonchev–Trinajstić information content (AvgIpc) is 3.35. The van der Waals surface area contributed by atoms with Crippen LogP contribution in [0.5, 0.6) is 11.5 Å². The van der Waals surface area contributed by atoms with Gasteiger partial charge in [-0.1, -0.05) is 0 Å². The number of ether oxygens (including phenoxy) is 2. The summed E-state index contributed by atoms with van der Waals surface area (Å²) >= 11 is 0. The molecule has 0 radical (unpaired) electrons. The Labute approximate surface area is 140 Å². The zero-order valence-electron chi connectivity index (χ0n) is 14.1. The molecule has 7 heteroatoms. The van der Waals surface area contributed by atoms with E-state index in [1.54, 1.807) is 25.2 Å². The predicted molar refractivity (Wildman–Crippen MR) is 87.3 cm³/mol. The van der Waals surface area contributed by atoms with E-state index in [9.17, 15) is 14.4 Å². The summed E-state index contributed by atoms with van der Waals surface area (Å²) in [6.07, 6.45) is 2.01. The first kappa shape index (κ1) is 17.8. The third kappa shape index (κ3) is 4.97. The molecule has 1 aliphatic rings. The first-order chi connectivity index (χ1) is 11.4. The summed E-state index contributed by atoms with van der Waals surface area (Å²) in [7, 11) is 3.01. The van der Waals surface area contributed by atoms with E-state index in [0.29, 0.717) is 17.1 Å². The summed E-state index contributed by atoms with van der Waals surface area (Å²) in [5, 5.41) is 2.82. The number of benzene rings is 1. The van der Waals surface area contributed by atoms with Gasteiger partial charge in [0.05, 0.1) is 13.7 Å². The van der Waals surface area contributed by atoms with Gasteiger partial charge in [0.25, 0.3) is 5.91 Å². The molecule has 0 bridgehead atoms. The van der Waals surface area contributed by atoms with Crippen LogP contribution in [0.25, 0.3) is 0 Å². The maximum Gasteiger partial charge on any atom is 0.260 e. The van der Waals surface area contributed by atoms with Gasteiger partial charge in [-0.25, -0.2) is 0 Å². The van der Waals surface area contributed by atoms with E-state index in [2.05, 4.69) is 5.32 Å². The lowest BCUT2D eigenvalue weighted by molar-refractivity contribution is -0.136. The van der Waals surface area contributed by atoms with Crippen molar-refractivity contribution in [3.8, 4) is 11.5 Å². The minimum atomic E-state index is -0.321. The van der Waals surface area contributed by atoms with Crippen molar-refractivity contribution in [2.45, 2.75) is 25.8 Å². The molecule has 0 saturated heterocycles. The van der Waals surface area contributed by atoms with Gasteiger partial charge in [0.2, 0.25) is 5.91 Å². The minimum absolute atomic E-state index is 0.000890. The molecule has 1 N–H and O–H groups in total. The Hall–Kier alpha value is -2.57. The third-order valence-corrected chi connectivity index (χ3v) is 3.67. The van der Waals surface area contributed by atoms with Crippen molar-refractivity contribution in [1.29, 1.82) is 0 Å². The average molecular weight is 334 g/mol. The van der Waals surface area contributed by atoms with E-state index in [1.807, 2.05) is 0 Å². The van der Waals surface area contributed by atoms with Crippen LogP contribution in [-0.2, 0) is 9.59 Å². The van der Waals surface area contributed by atoms with Gasteiger partial charge in [0, 0.05) is 18.7 Å². The van der Waals surface area contributed by atoms with Crippen LogP contribution in [0.15, 0.2) is 18.2 Å². The molecule has 24 heavy (non-hydrogen) atoms. The monoisotopic (exact) mass is 334 g/mol. The Bertz CT molecular complexity index is 640. The van der Waals surface area contributed by atoms with Crippen molar-refractivity contribution in [1.82, 2.24) is 10.2 Å². The highest BCUT2D eigenvalue weighted by atomic mass is 16.5. The van der Waals surface area contributed by atoms with Crippen LogP contribution in [0, 0.1) is 0 Å². The fraction of sp³-hybridized carbons (Fsp3) is 0.471. The van der Waals surface area contributed by atoms with Crippen molar-refractivity contribution in [2.24, 2.45) is 0 Å². The molecular formula is C17H22N2O5. The van der Waals surface area contributed by atoms with Crippen LogP contribution < -0.4 is 14.8 Å². The fourth-order valence-electron chi connectivity index (χ4n) is 2.06. The van der Waals surface area contributed by atoms with Gasteiger partial charge < -0.3 is 19.7 Å². The van der Waals surface area contributed by atoms with Crippen molar-refractivity contribution in [2.75, 3.05) is 27.3 Å². The molecular weight excluding hydrogens is 312 g/mol. The van der Waals surface area contributed by atoms with Gasteiger partial charge in [-0.3, -0.25) is 14.4 Å². The molecule has 1 fully saturated rings. The van der Waals surface area contributed by atoms with Crippen molar-refractivity contribution < 1.29 is 23.9 Å². The topological polar surface area (TPSA) is 84.9 Å². The second-order valence-corrected chi connectivity index (χ2v) is 5.80. The minimum Gasteiger partial charge on any atom is -0.493 e. The first-order valence-corrected chi connectivity index (χ1v) is 7.75. The van der Waals surface area contributed by atoms with E-state index >= 15 is 0 Å². The number of rotatable bonds is 8. The van der Waals surface area contributed by atoms with E-state index in [4.69, 9.17) is 9.47 Å². The van der Waals surface area contributed by atoms with E-state index in [1.165, 1.54) is 18.9 Å². The molecule has 1 aliphatic carbocycles. The number of nitrogens with one attached hydrogen (secondary N) is 1. The highest BCUT2D eigenvalue weighted by molar-refractivity contribution is 5.94. The fourth-order valence-corrected chi connectivity index (χ4v) is 2.06. The molecule has 0 heterocycles. The number of nitrogens with zero attached hydrogens (tertiary/aromatic N) is 1. The molecule has 2 rings (SSSR count). The Morgan fingerprint density at radius 1 is 1.25 bits per heavy atom. The highest BCUT2D eigenvalue weighted by Gasteiger charge is 2.24. The molecule has 1 aromatic rings. The van der Waals surface area contributed by atoms with E-state index < -0.39 is 0 Å². The maximum atomic E-state index is 12.1. The molecule has 1 saturated carbocycles. The van der Waals surface area contributed by atoms with Crippen LogP contribution in [0.3, 0.4) is 0 Å². The van der Waals surface area contributed by atoms with E-state index in [-0.39, 0.29) is 36.8 Å². The highest BCUT2D eigenvalue weighted by Crippen LogP contribution is 2.28. The zero-order chi connectivity index (χ0) is 17.7. The number of carbonyl (C=O) groups is 3. The van der Waals surface area contributed by atoms with Crippen LogP contribution in [0.2, 0.25) is 0 Å². The second kappa shape index (κ2) is 7.81. The number of amides is 2. The molecule has 2 amide bonds. The van der Waals surface area contributed by atoms with E-state index in [0.717, 1.165) is 12.8 Å². The molecule has 0 aliphatic heterocycles. The number of likely N-dealkylation sites (N-methyl/N-ethyl adjacent to an activating group) is 1. The zero-order valence-corrected chi connectivity index (χ0v) is 14.1. The molecule has 0 spiro atoms. The van der Waals surface area contributed by atoms with Gasteiger partial charge in [0.15, 0.2) is 23.9 Å². The number of carbonyl (C=O) groups excluding carboxylic acids is 3. The van der Waals surface area contributed by atoms with Crippen LogP contribution in [0.4, 0.5) is 0 Å². The summed E-state index contributed by atoms with van der Waals surface area (Å²) < 4.78 is 10.6. The third-order valence-electron chi connectivity index (χ3n) is 3.67. The normalized spacial score (nSPS) is 13.1. The summed E-state index contributed by atoms with van der Waals surface area (Å²) in [6.45, 7) is 1.24. The summed E-state index contributed by atoms with van der Waals surface area (Å²) in [5.74, 6) is 0.170. The maximum absolute atomic E-state index is 12.1. The Morgan fingerprint density at radius 3 is 2.54 bits per heavy atom. The molecule has 0 aromatic heterocycles. The number of hydrogen-bond acceptors (Lipinski definition) is 5. The molecule has 1 aromatic carbocycles. The lowest BCUT2D eigenvalue weighted by Gasteiger charge is -2.18. The molecule has 130 valence electrons. The predicted octanol–water partition coefficient (Wildman–Crippen LogP) is 1.01. The molecule has 0 unspecified atom stereocenters. The van der Waals surface area contributed by atoms with Crippen molar-refractivity contribution >= 4 is 17.6 Å². The SMILES string of the molecule is COc1cc(C(C)=O)ccc1OCC(=O)N(C)CC(=O)NC1CC1. The van der Waals surface area contributed by atoms with Crippen LogP contribution >= 0.6 is 0 Å². The number of Topliss-reactive ketones (excluding diaryl/α,β-unsaturated/α-hetero) is 1. The van der Waals surface area contributed by atoms with Crippen LogP contribution in [-0.4, -0.2) is 55.8 Å². The quantitative estimate of drug-likeness (QED) is 0.717. The van der Waals surface area contributed by atoms with Crippen LogP contribution in [0.1, 0.15) is 30.1 Å².